The number of pyridine rings is 1. The fourth-order valence-electron chi connectivity index (χ4n) is 1.66. The Balaban J connectivity index is 2.30. The van der Waals surface area contributed by atoms with Crippen molar-refractivity contribution in [3.63, 3.8) is 0 Å². The maximum absolute atomic E-state index is 10.9. The van der Waals surface area contributed by atoms with Crippen molar-refractivity contribution >= 4 is 5.69 Å². The van der Waals surface area contributed by atoms with Crippen molar-refractivity contribution in [2.75, 3.05) is 0 Å². The van der Waals surface area contributed by atoms with Crippen LogP contribution in [0, 0.1) is 17.0 Å². The summed E-state index contributed by atoms with van der Waals surface area (Å²) in [6, 6.07) is 10.8. The SMILES string of the molecule is Cc1cc[n+](Cc2ccccc2[N+](=O)[O-])cc1. The van der Waals surface area contributed by atoms with Crippen LogP contribution in [0.2, 0.25) is 0 Å². The summed E-state index contributed by atoms with van der Waals surface area (Å²) in [4.78, 5) is 10.5. The Morgan fingerprint density at radius 3 is 2.47 bits per heavy atom. The second-order valence-electron chi connectivity index (χ2n) is 3.93. The summed E-state index contributed by atoms with van der Waals surface area (Å²) in [5.41, 5.74) is 2.05. The maximum atomic E-state index is 10.9. The number of nitro groups is 1. The second-order valence-corrected chi connectivity index (χ2v) is 3.93. The Kier molecular flexibility index (Phi) is 3.14. The summed E-state index contributed by atoms with van der Waals surface area (Å²) in [6.45, 7) is 2.52. The molecule has 0 spiro atoms. The minimum absolute atomic E-state index is 0.167. The van der Waals surface area contributed by atoms with Gasteiger partial charge >= 0.3 is 0 Å². The summed E-state index contributed by atoms with van der Waals surface area (Å²) in [5, 5.41) is 10.9. The molecule has 0 aliphatic heterocycles. The monoisotopic (exact) mass is 229 g/mol. The molecule has 0 amide bonds. The molecule has 1 aromatic carbocycles. The standard InChI is InChI=1S/C13H13N2O2/c1-11-6-8-14(9-7-11)10-12-4-2-3-5-13(12)15(16)17/h2-9H,10H2,1H3/q+1. The quantitative estimate of drug-likeness (QED) is 0.460. The lowest BCUT2D eigenvalue weighted by molar-refractivity contribution is -0.688. The normalized spacial score (nSPS) is 10.2. The lowest BCUT2D eigenvalue weighted by atomic mass is 10.2. The van der Waals surface area contributed by atoms with Gasteiger partial charge in [-0.1, -0.05) is 12.1 Å². The molecular weight excluding hydrogens is 216 g/mol. The number of nitro benzene ring substituents is 1. The highest BCUT2D eigenvalue weighted by Gasteiger charge is 2.15. The first-order chi connectivity index (χ1) is 8.16. The van der Waals surface area contributed by atoms with Crippen molar-refractivity contribution in [2.45, 2.75) is 13.5 Å². The number of benzene rings is 1. The van der Waals surface area contributed by atoms with E-state index in [-0.39, 0.29) is 10.6 Å². The Morgan fingerprint density at radius 2 is 1.82 bits per heavy atom. The highest BCUT2D eigenvalue weighted by molar-refractivity contribution is 5.39. The molecule has 86 valence electrons. The van der Waals surface area contributed by atoms with E-state index in [1.54, 1.807) is 12.1 Å². The highest BCUT2D eigenvalue weighted by atomic mass is 16.6. The first kappa shape index (κ1) is 11.3. The van der Waals surface area contributed by atoms with Crippen LogP contribution in [0.15, 0.2) is 48.8 Å². The van der Waals surface area contributed by atoms with E-state index in [1.165, 1.54) is 11.6 Å². The highest BCUT2D eigenvalue weighted by Crippen LogP contribution is 2.16. The van der Waals surface area contributed by atoms with Gasteiger partial charge in [-0.05, 0) is 18.6 Å². The molecule has 0 radical (unpaired) electrons. The van der Waals surface area contributed by atoms with Crippen molar-refractivity contribution in [2.24, 2.45) is 0 Å². The van der Waals surface area contributed by atoms with Gasteiger partial charge in [0.25, 0.3) is 5.69 Å². The van der Waals surface area contributed by atoms with Gasteiger partial charge in [0.1, 0.15) is 0 Å². The average Bonchev–Trinajstić information content (AvgIpc) is 2.32. The number of aromatic nitrogens is 1. The molecule has 0 saturated carbocycles. The van der Waals surface area contributed by atoms with Crippen molar-refractivity contribution in [3.8, 4) is 0 Å². The van der Waals surface area contributed by atoms with Crippen molar-refractivity contribution in [1.82, 2.24) is 0 Å². The van der Waals surface area contributed by atoms with Gasteiger partial charge in [-0.2, -0.15) is 0 Å². The predicted octanol–water partition coefficient (Wildman–Crippen LogP) is 2.24. The lowest BCUT2D eigenvalue weighted by Gasteiger charge is -1.99. The van der Waals surface area contributed by atoms with Crippen LogP contribution >= 0.6 is 0 Å². The Labute approximate surface area is 99.3 Å². The third-order valence-electron chi connectivity index (χ3n) is 2.60. The van der Waals surface area contributed by atoms with Crippen LogP contribution in [0.4, 0.5) is 5.69 Å². The average molecular weight is 229 g/mol. The number of hydrogen-bond acceptors (Lipinski definition) is 2. The van der Waals surface area contributed by atoms with E-state index in [0.29, 0.717) is 12.1 Å². The molecule has 2 aromatic rings. The number of aryl methyl sites for hydroxylation is 1. The van der Waals surface area contributed by atoms with Crippen LogP contribution in [-0.2, 0) is 6.54 Å². The molecule has 4 heteroatoms. The van der Waals surface area contributed by atoms with E-state index in [4.69, 9.17) is 0 Å². The second kappa shape index (κ2) is 4.74. The topological polar surface area (TPSA) is 47.0 Å². The molecule has 0 atom stereocenters. The molecule has 17 heavy (non-hydrogen) atoms. The lowest BCUT2D eigenvalue weighted by Crippen LogP contribution is -2.33. The van der Waals surface area contributed by atoms with Crippen molar-refractivity contribution in [1.29, 1.82) is 0 Å². The molecular formula is C13H13N2O2+. The van der Waals surface area contributed by atoms with Crippen molar-refractivity contribution in [3.05, 3.63) is 70.0 Å². The fraction of sp³-hybridized carbons (Fsp3) is 0.154. The van der Waals surface area contributed by atoms with Gasteiger partial charge in [0.05, 0.1) is 10.5 Å². The summed E-state index contributed by atoms with van der Waals surface area (Å²) < 4.78 is 1.93. The van der Waals surface area contributed by atoms with Crippen LogP contribution in [0.25, 0.3) is 0 Å². The van der Waals surface area contributed by atoms with E-state index in [1.807, 2.05) is 42.1 Å². The third kappa shape index (κ3) is 2.66. The molecule has 0 unspecified atom stereocenters. The molecule has 0 aliphatic carbocycles. The minimum Gasteiger partial charge on any atom is -0.258 e. The van der Waals surface area contributed by atoms with Gasteiger partial charge in [-0.3, -0.25) is 10.1 Å². The molecule has 0 aliphatic rings. The van der Waals surface area contributed by atoms with E-state index in [0.717, 1.165) is 0 Å². The third-order valence-corrected chi connectivity index (χ3v) is 2.60. The number of nitrogens with zero attached hydrogens (tertiary/aromatic N) is 2. The summed E-state index contributed by atoms with van der Waals surface area (Å²) in [5.74, 6) is 0. The maximum Gasteiger partial charge on any atom is 0.278 e. The van der Waals surface area contributed by atoms with Crippen LogP contribution in [0.1, 0.15) is 11.1 Å². The largest absolute Gasteiger partial charge is 0.278 e. The number of para-hydroxylation sites is 1. The predicted molar refractivity (Wildman–Crippen MR) is 63.6 cm³/mol. The molecule has 1 heterocycles. The molecule has 4 nitrogen and oxygen atoms in total. The van der Waals surface area contributed by atoms with Crippen LogP contribution in [-0.4, -0.2) is 4.92 Å². The fourth-order valence-corrected chi connectivity index (χ4v) is 1.66. The zero-order valence-electron chi connectivity index (χ0n) is 9.54. The Hall–Kier alpha value is -2.23. The van der Waals surface area contributed by atoms with Gasteiger partial charge in [0.15, 0.2) is 18.9 Å². The van der Waals surface area contributed by atoms with Crippen LogP contribution in [0.5, 0.6) is 0 Å². The van der Waals surface area contributed by atoms with Gasteiger partial charge in [0.2, 0.25) is 0 Å². The van der Waals surface area contributed by atoms with E-state index in [9.17, 15) is 10.1 Å². The summed E-state index contributed by atoms with van der Waals surface area (Å²) in [7, 11) is 0. The minimum atomic E-state index is -0.343. The van der Waals surface area contributed by atoms with E-state index in [2.05, 4.69) is 0 Å². The first-order valence-electron chi connectivity index (χ1n) is 5.35. The molecule has 0 bridgehead atoms. The zero-order chi connectivity index (χ0) is 12.3. The van der Waals surface area contributed by atoms with Crippen LogP contribution < -0.4 is 4.57 Å². The van der Waals surface area contributed by atoms with Gasteiger partial charge in [0, 0.05) is 18.2 Å². The Morgan fingerprint density at radius 1 is 1.18 bits per heavy atom. The molecule has 1 aromatic heterocycles. The van der Waals surface area contributed by atoms with Gasteiger partial charge in [-0.25, -0.2) is 4.57 Å². The first-order valence-corrected chi connectivity index (χ1v) is 5.35. The molecule has 0 saturated heterocycles. The summed E-state index contributed by atoms with van der Waals surface area (Å²) in [6.07, 6.45) is 3.85. The van der Waals surface area contributed by atoms with Crippen LogP contribution in [0.3, 0.4) is 0 Å². The zero-order valence-corrected chi connectivity index (χ0v) is 9.54. The van der Waals surface area contributed by atoms with Gasteiger partial charge in [-0.15, -0.1) is 0 Å². The van der Waals surface area contributed by atoms with E-state index < -0.39 is 0 Å². The summed E-state index contributed by atoms with van der Waals surface area (Å²) >= 11 is 0. The molecule has 0 N–H and O–H groups in total. The smallest absolute Gasteiger partial charge is 0.258 e. The van der Waals surface area contributed by atoms with Crippen molar-refractivity contribution < 1.29 is 9.49 Å². The molecule has 0 fully saturated rings. The number of rotatable bonds is 3. The molecule has 2 rings (SSSR count). The Bertz CT molecular complexity index is 535. The number of hydrogen-bond donors (Lipinski definition) is 0. The van der Waals surface area contributed by atoms with E-state index >= 15 is 0 Å². The van der Waals surface area contributed by atoms with Gasteiger partial charge < -0.3 is 0 Å².